The van der Waals surface area contributed by atoms with E-state index in [0.29, 0.717) is 18.5 Å². The number of hydrogen-bond acceptors (Lipinski definition) is 3. The summed E-state index contributed by atoms with van der Waals surface area (Å²) in [6, 6.07) is 0.363. The predicted molar refractivity (Wildman–Crippen MR) is 69.8 cm³/mol. The first-order valence-electron chi connectivity index (χ1n) is 5.52. The second-order valence-electron chi connectivity index (χ2n) is 3.89. The molecular weight excluding hydrogens is 220 g/mol. The SMILES string of the molecule is CCC(C)NC(N)=NCc1nc(C)sc1C. The van der Waals surface area contributed by atoms with Crippen molar-refractivity contribution in [1.29, 1.82) is 0 Å². The molecular formula is C11H20N4S. The lowest BCUT2D eigenvalue weighted by atomic mass is 10.3. The summed E-state index contributed by atoms with van der Waals surface area (Å²) >= 11 is 1.70. The van der Waals surface area contributed by atoms with Crippen molar-refractivity contribution in [1.82, 2.24) is 10.3 Å². The largest absolute Gasteiger partial charge is 0.370 e. The minimum Gasteiger partial charge on any atom is -0.370 e. The summed E-state index contributed by atoms with van der Waals surface area (Å²) in [5.41, 5.74) is 6.79. The number of aryl methyl sites for hydroxylation is 2. The maximum Gasteiger partial charge on any atom is 0.189 e. The summed E-state index contributed by atoms with van der Waals surface area (Å²) in [5.74, 6) is 0.499. The second-order valence-corrected chi connectivity index (χ2v) is 5.30. The van der Waals surface area contributed by atoms with Gasteiger partial charge in [-0.05, 0) is 27.2 Å². The van der Waals surface area contributed by atoms with Crippen LogP contribution in [0.3, 0.4) is 0 Å². The van der Waals surface area contributed by atoms with Crippen LogP contribution in [-0.2, 0) is 6.54 Å². The lowest BCUT2D eigenvalue weighted by molar-refractivity contribution is 0.636. The van der Waals surface area contributed by atoms with E-state index in [-0.39, 0.29) is 0 Å². The van der Waals surface area contributed by atoms with E-state index < -0.39 is 0 Å². The molecule has 0 aliphatic carbocycles. The highest BCUT2D eigenvalue weighted by molar-refractivity contribution is 7.11. The van der Waals surface area contributed by atoms with E-state index >= 15 is 0 Å². The summed E-state index contributed by atoms with van der Waals surface area (Å²) in [7, 11) is 0. The summed E-state index contributed by atoms with van der Waals surface area (Å²) in [6.45, 7) is 8.82. The minimum atomic E-state index is 0.363. The first-order valence-corrected chi connectivity index (χ1v) is 6.34. The molecule has 1 aromatic heterocycles. The van der Waals surface area contributed by atoms with E-state index in [9.17, 15) is 0 Å². The number of nitrogens with two attached hydrogens (primary N) is 1. The maximum absolute atomic E-state index is 5.77. The molecule has 0 fully saturated rings. The van der Waals surface area contributed by atoms with Gasteiger partial charge in [0.25, 0.3) is 0 Å². The molecule has 1 heterocycles. The average Bonchev–Trinajstić information content (AvgIpc) is 2.54. The number of nitrogens with zero attached hydrogens (tertiary/aromatic N) is 2. The Hall–Kier alpha value is -1.10. The summed E-state index contributed by atoms with van der Waals surface area (Å²) in [6.07, 6.45) is 1.03. The van der Waals surface area contributed by atoms with Gasteiger partial charge in [-0.3, -0.25) is 0 Å². The van der Waals surface area contributed by atoms with Crippen LogP contribution >= 0.6 is 11.3 Å². The van der Waals surface area contributed by atoms with Gasteiger partial charge in [0.2, 0.25) is 0 Å². The molecule has 0 spiro atoms. The molecule has 3 N–H and O–H groups in total. The zero-order valence-electron chi connectivity index (χ0n) is 10.4. The second kappa shape index (κ2) is 5.84. The van der Waals surface area contributed by atoms with Crippen LogP contribution in [0, 0.1) is 13.8 Å². The number of aromatic nitrogens is 1. The van der Waals surface area contributed by atoms with Gasteiger partial charge in [-0.25, -0.2) is 9.98 Å². The standard InChI is InChI=1S/C11H20N4S/c1-5-7(2)14-11(12)13-6-10-8(3)16-9(4)15-10/h7H,5-6H2,1-4H3,(H3,12,13,14). The fourth-order valence-corrected chi connectivity index (χ4v) is 2.11. The molecule has 0 saturated heterocycles. The Morgan fingerprint density at radius 2 is 2.25 bits per heavy atom. The van der Waals surface area contributed by atoms with Gasteiger partial charge in [0.15, 0.2) is 5.96 Å². The highest BCUT2D eigenvalue weighted by atomic mass is 32.1. The third-order valence-corrected chi connectivity index (χ3v) is 3.33. The van der Waals surface area contributed by atoms with Crippen molar-refractivity contribution < 1.29 is 0 Å². The Morgan fingerprint density at radius 3 is 2.75 bits per heavy atom. The molecule has 1 atom stereocenters. The van der Waals surface area contributed by atoms with Crippen LogP contribution in [0.5, 0.6) is 0 Å². The molecule has 0 saturated carbocycles. The zero-order valence-corrected chi connectivity index (χ0v) is 11.2. The van der Waals surface area contributed by atoms with E-state index in [1.54, 1.807) is 11.3 Å². The lowest BCUT2D eigenvalue weighted by Gasteiger charge is -2.11. The van der Waals surface area contributed by atoms with Gasteiger partial charge < -0.3 is 11.1 Å². The number of aliphatic imine (C=N–C) groups is 1. The van der Waals surface area contributed by atoms with Gasteiger partial charge in [0, 0.05) is 10.9 Å². The number of hydrogen-bond donors (Lipinski definition) is 2. The number of guanidine groups is 1. The minimum absolute atomic E-state index is 0.363. The first-order chi connectivity index (χ1) is 7.52. The monoisotopic (exact) mass is 240 g/mol. The van der Waals surface area contributed by atoms with Crippen LogP contribution in [0.4, 0.5) is 0 Å². The van der Waals surface area contributed by atoms with E-state index in [0.717, 1.165) is 17.1 Å². The van der Waals surface area contributed by atoms with Crippen LogP contribution < -0.4 is 11.1 Å². The maximum atomic E-state index is 5.77. The topological polar surface area (TPSA) is 63.3 Å². The number of nitrogens with one attached hydrogen (secondary N) is 1. The molecule has 4 nitrogen and oxygen atoms in total. The normalized spacial score (nSPS) is 13.9. The predicted octanol–water partition coefficient (Wildman–Crippen LogP) is 1.96. The average molecular weight is 240 g/mol. The van der Waals surface area contributed by atoms with Crippen molar-refractivity contribution >= 4 is 17.3 Å². The Balaban J connectivity index is 2.55. The van der Waals surface area contributed by atoms with Crippen LogP contribution in [-0.4, -0.2) is 17.0 Å². The first kappa shape index (κ1) is 13.0. The van der Waals surface area contributed by atoms with Crippen molar-refractivity contribution in [3.8, 4) is 0 Å². The van der Waals surface area contributed by atoms with E-state index in [2.05, 4.69) is 36.1 Å². The molecule has 1 rings (SSSR count). The van der Waals surface area contributed by atoms with Gasteiger partial charge in [-0.1, -0.05) is 6.92 Å². The number of rotatable bonds is 4. The molecule has 90 valence electrons. The van der Waals surface area contributed by atoms with Crippen molar-refractivity contribution in [2.24, 2.45) is 10.7 Å². The Kier molecular flexibility index (Phi) is 4.73. The van der Waals surface area contributed by atoms with Gasteiger partial charge in [0.05, 0.1) is 17.2 Å². The van der Waals surface area contributed by atoms with Crippen molar-refractivity contribution in [3.63, 3.8) is 0 Å². The summed E-state index contributed by atoms with van der Waals surface area (Å²) < 4.78 is 0. The van der Waals surface area contributed by atoms with Crippen LogP contribution in [0.1, 0.15) is 35.8 Å². The Morgan fingerprint density at radius 1 is 1.56 bits per heavy atom. The van der Waals surface area contributed by atoms with Crippen LogP contribution in [0.15, 0.2) is 4.99 Å². The molecule has 1 unspecified atom stereocenters. The lowest BCUT2D eigenvalue weighted by Crippen LogP contribution is -2.38. The quantitative estimate of drug-likeness (QED) is 0.624. The van der Waals surface area contributed by atoms with Gasteiger partial charge in [-0.15, -0.1) is 11.3 Å². The zero-order chi connectivity index (χ0) is 12.1. The third kappa shape index (κ3) is 3.81. The molecule has 0 aliphatic rings. The van der Waals surface area contributed by atoms with Crippen molar-refractivity contribution in [2.75, 3.05) is 0 Å². The highest BCUT2D eigenvalue weighted by Crippen LogP contribution is 2.16. The fraction of sp³-hybridized carbons (Fsp3) is 0.636. The molecule has 16 heavy (non-hydrogen) atoms. The summed E-state index contributed by atoms with van der Waals surface area (Å²) in [5, 5.41) is 4.21. The third-order valence-electron chi connectivity index (χ3n) is 2.41. The smallest absolute Gasteiger partial charge is 0.189 e. The van der Waals surface area contributed by atoms with E-state index in [4.69, 9.17) is 5.73 Å². The van der Waals surface area contributed by atoms with E-state index in [1.807, 2.05) is 6.92 Å². The summed E-state index contributed by atoms with van der Waals surface area (Å²) in [4.78, 5) is 9.91. The molecule has 0 radical (unpaired) electrons. The molecule has 0 amide bonds. The molecule has 0 aliphatic heterocycles. The van der Waals surface area contributed by atoms with Crippen LogP contribution in [0.2, 0.25) is 0 Å². The van der Waals surface area contributed by atoms with Gasteiger partial charge in [-0.2, -0.15) is 0 Å². The molecule has 5 heteroatoms. The number of thiazole rings is 1. The molecule has 0 bridgehead atoms. The van der Waals surface area contributed by atoms with E-state index in [1.165, 1.54) is 4.88 Å². The van der Waals surface area contributed by atoms with Crippen molar-refractivity contribution in [2.45, 2.75) is 46.7 Å². The Labute approximate surface area is 101 Å². The fourth-order valence-electron chi connectivity index (χ4n) is 1.28. The Bertz CT molecular complexity index is 370. The molecule has 1 aromatic rings. The van der Waals surface area contributed by atoms with Crippen molar-refractivity contribution in [3.05, 3.63) is 15.6 Å². The highest BCUT2D eigenvalue weighted by Gasteiger charge is 2.04. The van der Waals surface area contributed by atoms with Crippen LogP contribution in [0.25, 0.3) is 0 Å². The van der Waals surface area contributed by atoms with Gasteiger partial charge in [0.1, 0.15) is 0 Å². The van der Waals surface area contributed by atoms with Gasteiger partial charge >= 0.3 is 0 Å². The molecule has 0 aromatic carbocycles.